The first-order chi connectivity index (χ1) is 13.1. The molecule has 2 heterocycles. The molecule has 3 fully saturated rings. The minimum atomic E-state index is -0.779. The van der Waals surface area contributed by atoms with Gasteiger partial charge in [0.2, 0.25) is 0 Å². The number of likely N-dealkylation sites (N-methyl/N-ethyl adjacent to an activating group) is 1. The van der Waals surface area contributed by atoms with Gasteiger partial charge in [0, 0.05) is 30.1 Å². The maximum atomic E-state index is 10.4. The molecule has 1 aromatic rings. The first kappa shape index (κ1) is 19.0. The molecule has 0 radical (unpaired) electrons. The summed E-state index contributed by atoms with van der Waals surface area (Å²) in [5.74, 6) is 6.64. The summed E-state index contributed by atoms with van der Waals surface area (Å²) in [4.78, 5) is 4.93. The van der Waals surface area contributed by atoms with Crippen LogP contribution in [0.4, 0.5) is 0 Å². The molecule has 2 N–H and O–H groups in total. The Morgan fingerprint density at radius 1 is 1.07 bits per heavy atom. The van der Waals surface area contributed by atoms with Crippen LogP contribution in [0.1, 0.15) is 55.6 Å². The predicted octanol–water partition coefficient (Wildman–Crippen LogP) is 2.20. The summed E-state index contributed by atoms with van der Waals surface area (Å²) in [5, 5.41) is 20.4. The van der Waals surface area contributed by atoms with E-state index in [2.05, 4.69) is 53.0 Å². The highest BCUT2D eigenvalue weighted by Crippen LogP contribution is 2.41. The molecule has 2 aliphatic heterocycles. The Balaban J connectivity index is 1.50. The van der Waals surface area contributed by atoms with Crippen molar-refractivity contribution in [2.24, 2.45) is 0 Å². The Morgan fingerprint density at radius 3 is 2.48 bits per heavy atom. The van der Waals surface area contributed by atoms with Crippen molar-refractivity contribution in [1.29, 1.82) is 0 Å². The molecule has 3 atom stereocenters. The largest absolute Gasteiger partial charge is 0.395 e. The van der Waals surface area contributed by atoms with Gasteiger partial charge in [-0.1, -0.05) is 24.0 Å². The average Bonchev–Trinajstić information content (AvgIpc) is 3.09. The number of hydrogen-bond acceptors (Lipinski definition) is 4. The SMILES string of the molecule is CN1CCCCN2[C@H](CO)[C@H](c3ccc(C#CC4(O)CCCC4)cc3)[C@H]2C1. The summed E-state index contributed by atoms with van der Waals surface area (Å²) in [5.41, 5.74) is 1.48. The summed E-state index contributed by atoms with van der Waals surface area (Å²) in [7, 11) is 2.21. The smallest absolute Gasteiger partial charge is 0.125 e. The normalized spacial score (nSPS) is 31.1. The molecule has 0 spiro atoms. The predicted molar refractivity (Wildman–Crippen MR) is 108 cm³/mol. The van der Waals surface area contributed by atoms with Crippen LogP contribution in [0.15, 0.2) is 24.3 Å². The summed E-state index contributed by atoms with van der Waals surface area (Å²) >= 11 is 0. The Labute approximate surface area is 163 Å². The summed E-state index contributed by atoms with van der Waals surface area (Å²) in [6, 6.07) is 9.22. The second-order valence-electron chi connectivity index (χ2n) is 8.66. The molecule has 4 rings (SSSR count). The molecule has 27 heavy (non-hydrogen) atoms. The minimum Gasteiger partial charge on any atom is -0.395 e. The zero-order valence-electron chi connectivity index (χ0n) is 16.4. The zero-order valence-corrected chi connectivity index (χ0v) is 16.4. The minimum absolute atomic E-state index is 0.222. The summed E-state index contributed by atoms with van der Waals surface area (Å²) < 4.78 is 0. The maximum Gasteiger partial charge on any atom is 0.125 e. The fraction of sp³-hybridized carbons (Fsp3) is 0.652. The number of nitrogens with zero attached hydrogens (tertiary/aromatic N) is 2. The van der Waals surface area contributed by atoms with Crippen molar-refractivity contribution < 1.29 is 10.2 Å². The monoisotopic (exact) mass is 368 g/mol. The van der Waals surface area contributed by atoms with Crippen LogP contribution in [-0.4, -0.2) is 71.0 Å². The molecule has 0 aromatic heterocycles. The van der Waals surface area contributed by atoms with E-state index in [-0.39, 0.29) is 12.6 Å². The number of aliphatic hydroxyl groups excluding tert-OH is 1. The maximum absolute atomic E-state index is 10.4. The number of benzene rings is 1. The molecule has 2 saturated heterocycles. The Kier molecular flexibility index (Phi) is 5.57. The lowest BCUT2D eigenvalue weighted by Gasteiger charge is -2.57. The molecule has 3 aliphatic rings. The van der Waals surface area contributed by atoms with Gasteiger partial charge in [-0.25, -0.2) is 0 Å². The fourth-order valence-corrected chi connectivity index (χ4v) is 5.18. The molecule has 0 amide bonds. The van der Waals surface area contributed by atoms with Crippen molar-refractivity contribution in [2.75, 3.05) is 33.3 Å². The van der Waals surface area contributed by atoms with E-state index in [0.29, 0.717) is 12.0 Å². The van der Waals surface area contributed by atoms with E-state index in [0.717, 1.165) is 50.9 Å². The van der Waals surface area contributed by atoms with Crippen LogP contribution < -0.4 is 0 Å². The lowest BCUT2D eigenvalue weighted by molar-refractivity contribution is -0.0614. The quantitative estimate of drug-likeness (QED) is 0.786. The number of rotatable bonds is 2. The second-order valence-corrected chi connectivity index (χ2v) is 8.66. The van der Waals surface area contributed by atoms with Gasteiger partial charge in [0.05, 0.1) is 6.61 Å². The molecule has 146 valence electrons. The van der Waals surface area contributed by atoms with Crippen molar-refractivity contribution in [3.63, 3.8) is 0 Å². The number of hydrogen-bond donors (Lipinski definition) is 2. The third-order valence-electron chi connectivity index (χ3n) is 6.74. The van der Waals surface area contributed by atoms with Crippen LogP contribution in [-0.2, 0) is 0 Å². The van der Waals surface area contributed by atoms with Gasteiger partial charge in [-0.15, -0.1) is 0 Å². The van der Waals surface area contributed by atoms with Crippen LogP contribution in [0.3, 0.4) is 0 Å². The average molecular weight is 369 g/mol. The highest BCUT2D eigenvalue weighted by molar-refractivity contribution is 5.40. The van der Waals surface area contributed by atoms with Gasteiger partial charge in [0.1, 0.15) is 5.60 Å². The van der Waals surface area contributed by atoms with Gasteiger partial charge in [-0.2, -0.15) is 0 Å². The van der Waals surface area contributed by atoms with E-state index in [1.165, 1.54) is 18.4 Å². The molecule has 0 unspecified atom stereocenters. The van der Waals surface area contributed by atoms with Gasteiger partial charge >= 0.3 is 0 Å². The first-order valence-electron chi connectivity index (χ1n) is 10.5. The standard InChI is InChI=1S/C23H32N2O2/c1-24-14-4-5-15-25-20(16-24)22(21(25)17-26)19-8-6-18(7-9-19)10-13-23(27)11-2-3-12-23/h6-9,20-22,26-27H,2-5,11-12,14-17H2,1H3/t20-,21-,22-/m1/s1. The zero-order chi connectivity index (χ0) is 18.9. The molecule has 1 saturated carbocycles. The fourth-order valence-electron chi connectivity index (χ4n) is 5.18. The van der Waals surface area contributed by atoms with Crippen LogP contribution in [0.2, 0.25) is 0 Å². The van der Waals surface area contributed by atoms with E-state index in [9.17, 15) is 10.2 Å². The third-order valence-corrected chi connectivity index (χ3v) is 6.74. The van der Waals surface area contributed by atoms with E-state index >= 15 is 0 Å². The summed E-state index contributed by atoms with van der Waals surface area (Å²) in [6.07, 6.45) is 6.18. The highest BCUT2D eigenvalue weighted by atomic mass is 16.3. The van der Waals surface area contributed by atoms with Crippen molar-refractivity contribution in [3.8, 4) is 11.8 Å². The van der Waals surface area contributed by atoms with E-state index in [1.54, 1.807) is 0 Å². The Morgan fingerprint density at radius 2 is 1.78 bits per heavy atom. The van der Waals surface area contributed by atoms with Crippen molar-refractivity contribution in [3.05, 3.63) is 35.4 Å². The van der Waals surface area contributed by atoms with Gasteiger partial charge in [0.15, 0.2) is 0 Å². The molecule has 4 heteroatoms. The van der Waals surface area contributed by atoms with Gasteiger partial charge in [0.25, 0.3) is 0 Å². The molecule has 0 bridgehead atoms. The molecular formula is C23H32N2O2. The van der Waals surface area contributed by atoms with Gasteiger partial charge in [-0.05, 0) is 76.4 Å². The van der Waals surface area contributed by atoms with Crippen LogP contribution in [0, 0.1) is 11.8 Å². The number of fused-ring (bicyclic) bond motifs is 1. The highest BCUT2D eigenvalue weighted by Gasteiger charge is 2.48. The van der Waals surface area contributed by atoms with E-state index in [4.69, 9.17) is 0 Å². The van der Waals surface area contributed by atoms with E-state index in [1.807, 2.05) is 0 Å². The van der Waals surface area contributed by atoms with Crippen molar-refractivity contribution in [2.45, 2.75) is 62.1 Å². The number of aliphatic hydroxyl groups is 2. The lowest BCUT2D eigenvalue weighted by atomic mass is 9.74. The summed E-state index contributed by atoms with van der Waals surface area (Å²) in [6.45, 7) is 3.55. The molecule has 1 aromatic carbocycles. The third kappa shape index (κ3) is 3.93. The Bertz CT molecular complexity index is 699. The first-order valence-corrected chi connectivity index (χ1v) is 10.5. The molecule has 1 aliphatic carbocycles. The van der Waals surface area contributed by atoms with Crippen LogP contribution in [0.25, 0.3) is 0 Å². The molecular weight excluding hydrogens is 336 g/mol. The molecule has 4 nitrogen and oxygen atoms in total. The van der Waals surface area contributed by atoms with Gasteiger partial charge < -0.3 is 15.1 Å². The van der Waals surface area contributed by atoms with Crippen molar-refractivity contribution in [1.82, 2.24) is 9.80 Å². The second kappa shape index (κ2) is 7.93. The van der Waals surface area contributed by atoms with Crippen LogP contribution in [0.5, 0.6) is 0 Å². The topological polar surface area (TPSA) is 46.9 Å². The van der Waals surface area contributed by atoms with Crippen molar-refractivity contribution >= 4 is 0 Å². The van der Waals surface area contributed by atoms with Crippen LogP contribution >= 0.6 is 0 Å². The Hall–Kier alpha value is -1.38. The van der Waals surface area contributed by atoms with Gasteiger partial charge in [-0.3, -0.25) is 4.90 Å². The lowest BCUT2D eigenvalue weighted by Crippen LogP contribution is -2.67. The van der Waals surface area contributed by atoms with E-state index < -0.39 is 5.60 Å².